The summed E-state index contributed by atoms with van der Waals surface area (Å²) in [5.41, 5.74) is 2.56. The Morgan fingerprint density at radius 2 is 1.46 bits per heavy atom. The van der Waals surface area contributed by atoms with E-state index in [0.29, 0.717) is 11.1 Å². The summed E-state index contributed by atoms with van der Waals surface area (Å²) in [5, 5.41) is 20.9. The van der Waals surface area contributed by atoms with Gasteiger partial charge >= 0.3 is 5.97 Å². The van der Waals surface area contributed by atoms with E-state index in [4.69, 9.17) is 23.2 Å². The van der Waals surface area contributed by atoms with E-state index in [1.807, 2.05) is 24.3 Å². The molecule has 0 aliphatic carbocycles. The van der Waals surface area contributed by atoms with Gasteiger partial charge in [-0.1, -0.05) is 80.4 Å². The monoisotopic (exact) mass is 537 g/mol. The highest BCUT2D eigenvalue weighted by molar-refractivity contribution is 6.46. The van der Waals surface area contributed by atoms with Crippen molar-refractivity contribution < 1.29 is 24.6 Å². The first-order valence-electron chi connectivity index (χ1n) is 11.5. The third kappa shape index (κ3) is 5.26. The minimum Gasteiger partial charge on any atom is -0.507 e. The van der Waals surface area contributed by atoms with Crippen LogP contribution in [0.2, 0.25) is 10.0 Å². The van der Waals surface area contributed by atoms with Gasteiger partial charge in [0.1, 0.15) is 5.76 Å². The highest BCUT2D eigenvalue weighted by atomic mass is 35.5. The molecule has 1 fully saturated rings. The van der Waals surface area contributed by atoms with Crippen molar-refractivity contribution in [1.29, 1.82) is 0 Å². The molecule has 0 spiro atoms. The first-order chi connectivity index (χ1) is 17.4. The van der Waals surface area contributed by atoms with Gasteiger partial charge in [0, 0.05) is 12.1 Å². The van der Waals surface area contributed by atoms with Gasteiger partial charge in [-0.3, -0.25) is 9.59 Å². The number of amides is 1. The molecular weight excluding hydrogens is 513 g/mol. The standard InChI is InChI=1S/C29H25Cl2NO5/c1-29(2,3)20-11-8-17(9-12-20)24-23(25(33)19-10-13-21(30)22(31)14-19)26(34)27(35)32(24)15-16-4-6-18(7-5-16)28(36)37/h4-14,24,33H,15H2,1-3H3,(H,36,37)/b25-23-. The predicted octanol–water partition coefficient (Wildman–Crippen LogP) is 6.61. The maximum atomic E-state index is 13.3. The molecule has 2 N–H and O–H groups in total. The Kier molecular flexibility index (Phi) is 7.18. The van der Waals surface area contributed by atoms with E-state index in [9.17, 15) is 24.6 Å². The zero-order valence-corrected chi connectivity index (χ0v) is 22.0. The summed E-state index contributed by atoms with van der Waals surface area (Å²) in [4.78, 5) is 39.1. The van der Waals surface area contributed by atoms with Crippen LogP contribution in [0, 0.1) is 0 Å². The lowest BCUT2D eigenvalue weighted by atomic mass is 9.85. The maximum Gasteiger partial charge on any atom is 0.335 e. The minimum atomic E-state index is -1.06. The number of aliphatic hydroxyl groups is 1. The number of aliphatic hydroxyl groups excluding tert-OH is 1. The molecule has 3 aromatic rings. The molecule has 37 heavy (non-hydrogen) atoms. The number of carbonyl (C=O) groups is 3. The number of hydrogen-bond donors (Lipinski definition) is 2. The zero-order valence-electron chi connectivity index (χ0n) is 20.5. The van der Waals surface area contributed by atoms with Gasteiger partial charge in [0.2, 0.25) is 0 Å². The quantitative estimate of drug-likeness (QED) is 0.217. The van der Waals surface area contributed by atoms with Crippen LogP contribution in [-0.2, 0) is 21.5 Å². The molecule has 1 atom stereocenters. The fourth-order valence-corrected chi connectivity index (χ4v) is 4.60. The zero-order chi connectivity index (χ0) is 27.1. The van der Waals surface area contributed by atoms with Crippen LogP contribution in [0.3, 0.4) is 0 Å². The van der Waals surface area contributed by atoms with Crippen LogP contribution in [0.25, 0.3) is 5.76 Å². The number of Topliss-reactive ketones (excluding diaryl/α,β-unsaturated/α-hetero) is 1. The number of likely N-dealkylation sites (tertiary alicyclic amines) is 1. The molecule has 0 bridgehead atoms. The molecule has 8 heteroatoms. The third-order valence-electron chi connectivity index (χ3n) is 6.38. The van der Waals surface area contributed by atoms with Gasteiger partial charge in [-0.25, -0.2) is 4.79 Å². The number of nitrogens with zero attached hydrogens (tertiary/aromatic N) is 1. The molecule has 1 aliphatic rings. The van der Waals surface area contributed by atoms with Crippen molar-refractivity contribution in [2.24, 2.45) is 0 Å². The fourth-order valence-electron chi connectivity index (χ4n) is 4.30. The lowest BCUT2D eigenvalue weighted by molar-refractivity contribution is -0.140. The SMILES string of the molecule is CC(C)(C)c1ccc(C2/C(=C(/O)c3ccc(Cl)c(Cl)c3)C(=O)C(=O)N2Cc2ccc(C(=O)O)cc2)cc1. The molecule has 0 aromatic heterocycles. The van der Waals surface area contributed by atoms with E-state index in [1.54, 1.807) is 12.1 Å². The van der Waals surface area contributed by atoms with Crippen molar-refractivity contribution in [2.45, 2.75) is 38.8 Å². The van der Waals surface area contributed by atoms with Crippen LogP contribution in [0.15, 0.2) is 72.3 Å². The average Bonchev–Trinajstić information content (AvgIpc) is 3.10. The van der Waals surface area contributed by atoms with Gasteiger partial charge in [0.25, 0.3) is 11.7 Å². The van der Waals surface area contributed by atoms with Crippen LogP contribution in [0.1, 0.15) is 59.4 Å². The molecule has 1 saturated heterocycles. The van der Waals surface area contributed by atoms with Crippen molar-refractivity contribution in [1.82, 2.24) is 4.90 Å². The van der Waals surface area contributed by atoms with Crippen molar-refractivity contribution in [2.75, 3.05) is 0 Å². The summed E-state index contributed by atoms with van der Waals surface area (Å²) in [6.07, 6.45) is 0. The molecule has 1 unspecified atom stereocenters. The van der Waals surface area contributed by atoms with Crippen LogP contribution in [0.4, 0.5) is 0 Å². The lowest BCUT2D eigenvalue weighted by Crippen LogP contribution is -2.29. The summed E-state index contributed by atoms with van der Waals surface area (Å²) < 4.78 is 0. The fraction of sp³-hybridized carbons (Fsp3) is 0.207. The van der Waals surface area contributed by atoms with E-state index in [-0.39, 0.29) is 44.5 Å². The number of carboxylic acid groups (broad SMARTS) is 1. The first kappa shape index (κ1) is 26.5. The van der Waals surface area contributed by atoms with Crippen LogP contribution in [0.5, 0.6) is 0 Å². The molecular formula is C29H25Cl2NO5. The number of aromatic carboxylic acids is 1. The third-order valence-corrected chi connectivity index (χ3v) is 7.12. The summed E-state index contributed by atoms with van der Waals surface area (Å²) in [7, 11) is 0. The Bertz CT molecular complexity index is 1420. The molecule has 1 amide bonds. The highest BCUT2D eigenvalue weighted by Crippen LogP contribution is 2.41. The first-order valence-corrected chi connectivity index (χ1v) is 12.3. The van der Waals surface area contributed by atoms with E-state index >= 15 is 0 Å². The van der Waals surface area contributed by atoms with E-state index in [2.05, 4.69) is 20.8 Å². The van der Waals surface area contributed by atoms with Gasteiger partial charge in [-0.2, -0.15) is 0 Å². The number of ketones is 1. The largest absolute Gasteiger partial charge is 0.507 e. The van der Waals surface area contributed by atoms with Crippen molar-refractivity contribution in [3.8, 4) is 0 Å². The minimum absolute atomic E-state index is 0.0360. The number of carbonyl (C=O) groups excluding carboxylic acids is 2. The number of halogens is 2. The van der Waals surface area contributed by atoms with Gasteiger partial charge in [0.15, 0.2) is 0 Å². The summed E-state index contributed by atoms with van der Waals surface area (Å²) in [6.45, 7) is 6.28. The normalized spacial score (nSPS) is 17.3. The molecule has 3 aromatic carbocycles. The van der Waals surface area contributed by atoms with E-state index in [0.717, 1.165) is 5.56 Å². The number of hydrogen-bond acceptors (Lipinski definition) is 4. The second-order valence-electron chi connectivity index (χ2n) is 9.93. The number of benzene rings is 3. The summed E-state index contributed by atoms with van der Waals surface area (Å²) >= 11 is 12.2. The Labute approximate surface area is 224 Å². The lowest BCUT2D eigenvalue weighted by Gasteiger charge is -2.26. The maximum absolute atomic E-state index is 13.3. The molecule has 0 radical (unpaired) electrons. The Morgan fingerprint density at radius 3 is 2.00 bits per heavy atom. The molecule has 1 aliphatic heterocycles. The molecule has 6 nitrogen and oxygen atoms in total. The van der Waals surface area contributed by atoms with Crippen LogP contribution in [-0.4, -0.2) is 32.8 Å². The van der Waals surface area contributed by atoms with Gasteiger partial charge in [-0.15, -0.1) is 0 Å². The number of carboxylic acids is 1. The van der Waals surface area contributed by atoms with E-state index < -0.39 is 23.7 Å². The second-order valence-corrected chi connectivity index (χ2v) is 10.7. The molecule has 1 heterocycles. The second kappa shape index (κ2) is 10.0. The molecule has 0 saturated carbocycles. The Balaban J connectivity index is 1.84. The number of rotatable bonds is 5. The van der Waals surface area contributed by atoms with Crippen molar-refractivity contribution in [3.63, 3.8) is 0 Å². The summed E-state index contributed by atoms with van der Waals surface area (Å²) in [5.74, 6) is -3.01. The average molecular weight is 538 g/mol. The van der Waals surface area contributed by atoms with E-state index in [1.165, 1.54) is 35.2 Å². The topological polar surface area (TPSA) is 94.9 Å². The van der Waals surface area contributed by atoms with Gasteiger partial charge in [-0.05, 0) is 52.4 Å². The predicted molar refractivity (Wildman–Crippen MR) is 143 cm³/mol. The van der Waals surface area contributed by atoms with Crippen molar-refractivity contribution in [3.05, 3.63) is 110 Å². The summed E-state index contributed by atoms with van der Waals surface area (Å²) in [6, 6.07) is 17.3. The smallest absolute Gasteiger partial charge is 0.335 e. The van der Waals surface area contributed by atoms with Crippen LogP contribution < -0.4 is 0 Å². The Hall–Kier alpha value is -3.61. The molecule has 190 valence electrons. The van der Waals surface area contributed by atoms with Gasteiger partial charge < -0.3 is 15.1 Å². The van der Waals surface area contributed by atoms with Gasteiger partial charge in [0.05, 0.1) is 27.2 Å². The Morgan fingerprint density at radius 1 is 0.865 bits per heavy atom. The highest BCUT2D eigenvalue weighted by Gasteiger charge is 2.46. The molecule has 4 rings (SSSR count). The van der Waals surface area contributed by atoms with Crippen molar-refractivity contribution >= 4 is 46.6 Å². The van der Waals surface area contributed by atoms with Crippen LogP contribution >= 0.6 is 23.2 Å².